The third kappa shape index (κ3) is 1.47. The predicted molar refractivity (Wildman–Crippen MR) is 76.5 cm³/mol. The van der Waals surface area contributed by atoms with Crippen molar-refractivity contribution in [2.75, 3.05) is 0 Å². The molecule has 3 aliphatic heterocycles. The van der Waals surface area contributed by atoms with E-state index in [0.717, 1.165) is 12.0 Å². The highest BCUT2D eigenvalue weighted by molar-refractivity contribution is 5.96. The van der Waals surface area contributed by atoms with Gasteiger partial charge >= 0.3 is 0 Å². The molecule has 3 nitrogen and oxygen atoms in total. The van der Waals surface area contributed by atoms with E-state index < -0.39 is 0 Å². The zero-order valence-corrected chi connectivity index (χ0v) is 12.3. The van der Waals surface area contributed by atoms with Gasteiger partial charge < -0.3 is 9.64 Å². The fraction of sp³-hybridized carbons (Fsp3) is 0.588. The van der Waals surface area contributed by atoms with Crippen LogP contribution in [0.3, 0.4) is 0 Å². The number of hydrogen-bond acceptors (Lipinski definition) is 2. The zero-order chi connectivity index (χ0) is 14.1. The maximum Gasteiger partial charge on any atom is 0.254 e. The van der Waals surface area contributed by atoms with Gasteiger partial charge in [0.25, 0.3) is 5.91 Å². The van der Waals surface area contributed by atoms with E-state index in [1.54, 1.807) is 0 Å². The van der Waals surface area contributed by atoms with Gasteiger partial charge in [-0.05, 0) is 45.7 Å². The van der Waals surface area contributed by atoms with E-state index >= 15 is 0 Å². The van der Waals surface area contributed by atoms with Crippen molar-refractivity contribution in [2.45, 2.75) is 56.9 Å². The molecule has 4 fully saturated rings. The molecule has 106 valence electrons. The number of benzene rings is 1. The Hall–Kier alpha value is -1.35. The summed E-state index contributed by atoms with van der Waals surface area (Å²) in [6.07, 6.45) is 2.24. The Morgan fingerprint density at radius 1 is 1.25 bits per heavy atom. The van der Waals surface area contributed by atoms with Gasteiger partial charge in [-0.25, -0.2) is 0 Å². The van der Waals surface area contributed by atoms with Gasteiger partial charge in [0, 0.05) is 11.5 Å². The van der Waals surface area contributed by atoms with Crippen LogP contribution in [0.2, 0.25) is 0 Å². The number of rotatable bonds is 1. The summed E-state index contributed by atoms with van der Waals surface area (Å²) in [5.74, 6) is 0.641. The third-order valence-electron chi connectivity index (χ3n) is 5.49. The normalized spacial score (nSPS) is 40.4. The van der Waals surface area contributed by atoms with Gasteiger partial charge in [0.15, 0.2) is 0 Å². The minimum Gasteiger partial charge on any atom is -0.367 e. The summed E-state index contributed by atoms with van der Waals surface area (Å²) in [5.41, 5.74) is 0.524. The molecule has 0 spiro atoms. The standard InChI is InChI=1S/C17H21NO2/c1-16(2)12-9-10-17(3,20-16)14-13(12)18(14)15(19)11-7-5-4-6-8-11/h4-8,12-14H,9-10H2,1-3H3/t12-,13+,14-,17+,18?/m0/s1. The Morgan fingerprint density at radius 2 is 1.95 bits per heavy atom. The topological polar surface area (TPSA) is 29.3 Å². The van der Waals surface area contributed by atoms with E-state index in [1.165, 1.54) is 6.42 Å². The number of fused-ring (bicyclic) bond motifs is 2. The van der Waals surface area contributed by atoms with Crippen LogP contribution in [0, 0.1) is 5.92 Å². The molecular weight excluding hydrogens is 250 g/mol. The molecule has 2 bridgehead atoms. The zero-order valence-electron chi connectivity index (χ0n) is 12.3. The number of carbonyl (C=O) groups excluding carboxylic acids is 1. The SMILES string of the molecule is CC1(C)O[C@]2(C)CC[C@H]1[C@@H]1[C@@H]2N1C(=O)c1ccccc1. The average Bonchev–Trinajstić information content (AvgIpc) is 3.14. The highest BCUT2D eigenvalue weighted by Gasteiger charge is 2.72. The van der Waals surface area contributed by atoms with Crippen molar-refractivity contribution in [2.24, 2.45) is 5.92 Å². The van der Waals surface area contributed by atoms with Gasteiger partial charge in [0.1, 0.15) is 0 Å². The fourth-order valence-electron chi connectivity index (χ4n) is 4.62. The summed E-state index contributed by atoms with van der Waals surface area (Å²) in [4.78, 5) is 14.8. The highest BCUT2D eigenvalue weighted by atomic mass is 16.5. The van der Waals surface area contributed by atoms with E-state index in [0.29, 0.717) is 12.0 Å². The number of ether oxygens (including phenoxy) is 1. The summed E-state index contributed by atoms with van der Waals surface area (Å²) in [6, 6.07) is 10.3. The summed E-state index contributed by atoms with van der Waals surface area (Å²) in [7, 11) is 0. The first-order valence-electron chi connectivity index (χ1n) is 7.52. The van der Waals surface area contributed by atoms with Gasteiger partial charge in [-0.3, -0.25) is 4.79 Å². The van der Waals surface area contributed by atoms with Crippen LogP contribution in [0.5, 0.6) is 0 Å². The van der Waals surface area contributed by atoms with Crippen LogP contribution in [0.25, 0.3) is 0 Å². The van der Waals surface area contributed by atoms with Crippen LogP contribution < -0.4 is 0 Å². The van der Waals surface area contributed by atoms with Crippen LogP contribution >= 0.6 is 0 Å². The van der Waals surface area contributed by atoms with E-state index in [2.05, 4.69) is 25.7 Å². The first-order chi connectivity index (χ1) is 9.44. The first kappa shape index (κ1) is 12.4. The first-order valence-corrected chi connectivity index (χ1v) is 7.52. The van der Waals surface area contributed by atoms with Gasteiger partial charge in [-0.2, -0.15) is 0 Å². The predicted octanol–water partition coefficient (Wildman–Crippen LogP) is 2.86. The van der Waals surface area contributed by atoms with Crippen LogP contribution in [-0.2, 0) is 4.74 Å². The van der Waals surface area contributed by atoms with E-state index in [1.807, 2.05) is 30.3 Å². The second-order valence-corrected chi connectivity index (χ2v) is 7.18. The van der Waals surface area contributed by atoms with Crippen molar-refractivity contribution < 1.29 is 9.53 Å². The molecule has 3 heterocycles. The second kappa shape index (κ2) is 3.64. The molecule has 3 heteroatoms. The monoisotopic (exact) mass is 271 g/mol. The van der Waals surface area contributed by atoms with Gasteiger partial charge in [-0.1, -0.05) is 18.2 Å². The molecule has 4 aliphatic rings. The average molecular weight is 271 g/mol. The third-order valence-corrected chi connectivity index (χ3v) is 5.49. The lowest BCUT2D eigenvalue weighted by Gasteiger charge is -2.51. The Labute approximate surface area is 119 Å². The molecular formula is C17H21NO2. The summed E-state index contributed by atoms with van der Waals surface area (Å²) in [6.45, 7) is 6.53. The Morgan fingerprint density at radius 3 is 2.60 bits per heavy atom. The molecule has 20 heavy (non-hydrogen) atoms. The molecule has 4 atom stereocenters. The number of hydrogen-bond donors (Lipinski definition) is 0. The van der Waals surface area contributed by atoms with Crippen molar-refractivity contribution in [3.8, 4) is 0 Å². The molecule has 1 saturated carbocycles. The Balaban J connectivity index is 1.67. The quantitative estimate of drug-likeness (QED) is 0.735. The molecule has 3 saturated heterocycles. The van der Waals surface area contributed by atoms with Gasteiger partial charge in [-0.15, -0.1) is 0 Å². The number of carbonyl (C=O) groups is 1. The lowest BCUT2D eigenvalue weighted by molar-refractivity contribution is -0.214. The molecule has 1 amide bonds. The molecule has 0 radical (unpaired) electrons. The smallest absolute Gasteiger partial charge is 0.254 e. The number of likely N-dealkylation sites (tertiary alicyclic amines) is 1. The summed E-state index contributed by atoms with van der Waals surface area (Å²) >= 11 is 0. The fourth-order valence-corrected chi connectivity index (χ4v) is 4.62. The maximum atomic E-state index is 12.7. The lowest BCUT2D eigenvalue weighted by atomic mass is 9.69. The molecule has 1 aromatic carbocycles. The summed E-state index contributed by atoms with van der Waals surface area (Å²) < 4.78 is 6.34. The van der Waals surface area contributed by atoms with Crippen LogP contribution in [0.15, 0.2) is 30.3 Å². The lowest BCUT2D eigenvalue weighted by Crippen LogP contribution is -2.58. The molecule has 0 aromatic heterocycles. The van der Waals surface area contributed by atoms with Gasteiger partial charge in [0.2, 0.25) is 0 Å². The van der Waals surface area contributed by atoms with Crippen LogP contribution in [0.4, 0.5) is 0 Å². The van der Waals surface area contributed by atoms with Crippen LogP contribution in [-0.4, -0.2) is 34.1 Å². The van der Waals surface area contributed by atoms with Crippen molar-refractivity contribution >= 4 is 5.91 Å². The largest absolute Gasteiger partial charge is 0.367 e. The molecule has 1 aliphatic carbocycles. The van der Waals surface area contributed by atoms with Crippen molar-refractivity contribution in [1.29, 1.82) is 0 Å². The minimum atomic E-state index is -0.159. The van der Waals surface area contributed by atoms with E-state index in [9.17, 15) is 4.79 Å². The van der Waals surface area contributed by atoms with Gasteiger partial charge in [0.05, 0.1) is 23.3 Å². The molecule has 0 unspecified atom stereocenters. The number of nitrogens with zero attached hydrogens (tertiary/aromatic N) is 1. The minimum absolute atomic E-state index is 0.111. The Kier molecular flexibility index (Phi) is 2.26. The van der Waals surface area contributed by atoms with Crippen molar-refractivity contribution in [1.82, 2.24) is 4.90 Å². The molecule has 0 N–H and O–H groups in total. The highest BCUT2D eigenvalue weighted by Crippen LogP contribution is 2.60. The van der Waals surface area contributed by atoms with E-state index in [4.69, 9.17) is 4.74 Å². The van der Waals surface area contributed by atoms with Crippen molar-refractivity contribution in [3.63, 3.8) is 0 Å². The second-order valence-electron chi connectivity index (χ2n) is 7.18. The summed E-state index contributed by atoms with van der Waals surface area (Å²) in [5, 5.41) is 0. The molecule has 5 rings (SSSR count). The Bertz CT molecular complexity index is 568. The van der Waals surface area contributed by atoms with Crippen molar-refractivity contribution in [3.05, 3.63) is 35.9 Å². The van der Waals surface area contributed by atoms with Crippen LogP contribution in [0.1, 0.15) is 44.0 Å². The maximum absolute atomic E-state index is 12.7. The van der Waals surface area contributed by atoms with E-state index in [-0.39, 0.29) is 23.2 Å². The number of amides is 1. The molecule has 1 aromatic rings.